The number of rotatable bonds is 3. The summed E-state index contributed by atoms with van der Waals surface area (Å²) >= 11 is 0. The molecule has 1 amide bonds. The molecule has 0 spiro atoms. The third kappa shape index (κ3) is 2.55. The summed E-state index contributed by atoms with van der Waals surface area (Å²) in [7, 11) is 0. The summed E-state index contributed by atoms with van der Waals surface area (Å²) in [6.07, 6.45) is 0.0357. The minimum atomic E-state index is -0.566. The van der Waals surface area contributed by atoms with E-state index in [9.17, 15) is 9.59 Å². The van der Waals surface area contributed by atoms with E-state index in [1.54, 1.807) is 13.0 Å². The lowest BCUT2D eigenvalue weighted by molar-refractivity contribution is -0.144. The molecule has 1 aliphatic rings. The number of carbonyl (C=O) groups excluding carboxylic acids is 2. The Morgan fingerprint density at radius 2 is 2.06 bits per heavy atom. The molecule has 5 heteroatoms. The van der Waals surface area contributed by atoms with Crippen molar-refractivity contribution in [2.75, 3.05) is 17.2 Å². The predicted octanol–water partition coefficient (Wildman–Crippen LogP) is 1.37. The molecule has 0 saturated heterocycles. The summed E-state index contributed by atoms with van der Waals surface area (Å²) in [5.41, 5.74) is 1.55. The standard InChI is InChI=1S/C12H14N2O3/c1-2-17-11(15)7-10-12(16)14-9-6-4-3-5-8(9)13-10/h3-6,10,13H,2,7H2,1H3,(H,14,16)/t10-/m0/s1. The summed E-state index contributed by atoms with van der Waals surface area (Å²) < 4.78 is 4.82. The van der Waals surface area contributed by atoms with E-state index in [4.69, 9.17) is 4.74 Å². The second kappa shape index (κ2) is 4.86. The highest BCUT2D eigenvalue weighted by Crippen LogP contribution is 2.26. The number of esters is 1. The van der Waals surface area contributed by atoms with Crippen molar-refractivity contribution in [1.82, 2.24) is 0 Å². The van der Waals surface area contributed by atoms with Gasteiger partial charge < -0.3 is 15.4 Å². The Labute approximate surface area is 99.2 Å². The van der Waals surface area contributed by atoms with Crippen LogP contribution in [-0.4, -0.2) is 24.5 Å². The van der Waals surface area contributed by atoms with E-state index < -0.39 is 6.04 Å². The summed E-state index contributed by atoms with van der Waals surface area (Å²) in [5, 5.41) is 5.77. The molecule has 0 radical (unpaired) electrons. The maximum atomic E-state index is 11.7. The van der Waals surface area contributed by atoms with Crippen LogP contribution in [0.15, 0.2) is 24.3 Å². The first-order valence-corrected chi connectivity index (χ1v) is 5.52. The zero-order valence-corrected chi connectivity index (χ0v) is 9.53. The minimum Gasteiger partial charge on any atom is -0.466 e. The molecule has 0 aromatic heterocycles. The largest absolute Gasteiger partial charge is 0.466 e. The average molecular weight is 234 g/mol. The fourth-order valence-electron chi connectivity index (χ4n) is 1.72. The first-order chi connectivity index (χ1) is 8.20. The fraction of sp³-hybridized carbons (Fsp3) is 0.333. The smallest absolute Gasteiger partial charge is 0.308 e. The molecule has 0 unspecified atom stereocenters. The van der Waals surface area contributed by atoms with Crippen molar-refractivity contribution < 1.29 is 14.3 Å². The van der Waals surface area contributed by atoms with Crippen molar-refractivity contribution in [3.05, 3.63) is 24.3 Å². The molecule has 5 nitrogen and oxygen atoms in total. The quantitative estimate of drug-likeness (QED) is 0.775. The van der Waals surface area contributed by atoms with E-state index in [1.165, 1.54) is 0 Å². The van der Waals surface area contributed by atoms with Crippen LogP contribution >= 0.6 is 0 Å². The van der Waals surface area contributed by atoms with Gasteiger partial charge in [0.1, 0.15) is 6.04 Å². The predicted molar refractivity (Wildman–Crippen MR) is 63.7 cm³/mol. The number of hydrogen-bond donors (Lipinski definition) is 2. The van der Waals surface area contributed by atoms with E-state index in [0.717, 1.165) is 11.4 Å². The first-order valence-electron chi connectivity index (χ1n) is 5.52. The van der Waals surface area contributed by atoms with Crippen LogP contribution in [0.3, 0.4) is 0 Å². The topological polar surface area (TPSA) is 67.4 Å². The van der Waals surface area contributed by atoms with Gasteiger partial charge in [-0.15, -0.1) is 0 Å². The van der Waals surface area contributed by atoms with Gasteiger partial charge in [-0.1, -0.05) is 12.1 Å². The summed E-state index contributed by atoms with van der Waals surface area (Å²) in [4.78, 5) is 23.0. The number of hydrogen-bond acceptors (Lipinski definition) is 4. The van der Waals surface area contributed by atoms with E-state index in [0.29, 0.717) is 6.61 Å². The van der Waals surface area contributed by atoms with Gasteiger partial charge in [-0.25, -0.2) is 0 Å². The van der Waals surface area contributed by atoms with Crippen LogP contribution in [0.5, 0.6) is 0 Å². The molecule has 1 aromatic rings. The summed E-state index contributed by atoms with van der Waals surface area (Å²) in [5.74, 6) is -0.587. The van der Waals surface area contributed by atoms with Crippen molar-refractivity contribution in [3.63, 3.8) is 0 Å². The molecule has 90 valence electrons. The molecule has 1 atom stereocenters. The first kappa shape index (κ1) is 11.4. The second-order valence-electron chi connectivity index (χ2n) is 3.74. The Balaban J connectivity index is 2.07. The third-order valence-corrected chi connectivity index (χ3v) is 2.51. The molecule has 1 aliphatic heterocycles. The number of nitrogens with one attached hydrogen (secondary N) is 2. The minimum absolute atomic E-state index is 0.0357. The summed E-state index contributed by atoms with van der Waals surface area (Å²) in [6, 6.07) is 6.80. The Morgan fingerprint density at radius 3 is 2.76 bits per heavy atom. The molecule has 0 bridgehead atoms. The van der Waals surface area contributed by atoms with Crippen LogP contribution in [-0.2, 0) is 14.3 Å². The number of ether oxygens (including phenoxy) is 1. The summed E-state index contributed by atoms with van der Waals surface area (Å²) in [6.45, 7) is 2.06. The number of para-hydroxylation sites is 2. The molecule has 1 heterocycles. The molecule has 1 aromatic carbocycles. The van der Waals surface area contributed by atoms with E-state index >= 15 is 0 Å². The lowest BCUT2D eigenvalue weighted by Gasteiger charge is -2.26. The van der Waals surface area contributed by atoms with Crippen molar-refractivity contribution in [2.45, 2.75) is 19.4 Å². The van der Waals surface area contributed by atoms with Gasteiger partial charge in [0.05, 0.1) is 24.4 Å². The molecule has 2 rings (SSSR count). The Hall–Kier alpha value is -2.04. The molecule has 0 fully saturated rings. The Kier molecular flexibility index (Phi) is 3.27. The zero-order valence-electron chi connectivity index (χ0n) is 9.53. The highest BCUT2D eigenvalue weighted by molar-refractivity contribution is 6.04. The van der Waals surface area contributed by atoms with Crippen LogP contribution in [0.25, 0.3) is 0 Å². The number of carbonyl (C=O) groups is 2. The molecule has 2 N–H and O–H groups in total. The molecule has 0 aliphatic carbocycles. The monoisotopic (exact) mass is 234 g/mol. The lowest BCUT2D eigenvalue weighted by atomic mass is 10.1. The highest BCUT2D eigenvalue weighted by Gasteiger charge is 2.27. The van der Waals surface area contributed by atoms with E-state index in [2.05, 4.69) is 10.6 Å². The normalized spacial score (nSPS) is 17.7. The molecular weight excluding hydrogens is 220 g/mol. The van der Waals surface area contributed by atoms with Crippen molar-refractivity contribution in [2.24, 2.45) is 0 Å². The van der Waals surface area contributed by atoms with Crippen molar-refractivity contribution >= 4 is 23.3 Å². The number of anilines is 2. The fourth-order valence-corrected chi connectivity index (χ4v) is 1.72. The van der Waals surface area contributed by atoms with Gasteiger partial charge in [0.25, 0.3) is 0 Å². The van der Waals surface area contributed by atoms with Crippen molar-refractivity contribution in [3.8, 4) is 0 Å². The van der Waals surface area contributed by atoms with Crippen LogP contribution in [0.4, 0.5) is 11.4 Å². The maximum Gasteiger partial charge on any atom is 0.308 e. The van der Waals surface area contributed by atoms with Crippen molar-refractivity contribution in [1.29, 1.82) is 0 Å². The van der Waals surface area contributed by atoms with Crippen LogP contribution < -0.4 is 10.6 Å². The molecular formula is C12H14N2O3. The van der Waals surface area contributed by atoms with E-state index in [1.807, 2.05) is 18.2 Å². The van der Waals surface area contributed by atoms with Gasteiger partial charge in [-0.2, -0.15) is 0 Å². The van der Waals surface area contributed by atoms with Gasteiger partial charge in [0, 0.05) is 0 Å². The highest BCUT2D eigenvalue weighted by atomic mass is 16.5. The Morgan fingerprint density at radius 1 is 1.35 bits per heavy atom. The van der Waals surface area contributed by atoms with Crippen LogP contribution in [0.2, 0.25) is 0 Å². The Bertz CT molecular complexity index is 445. The number of amides is 1. The van der Waals surface area contributed by atoms with Crippen LogP contribution in [0.1, 0.15) is 13.3 Å². The lowest BCUT2D eigenvalue weighted by Crippen LogP contribution is -2.40. The average Bonchev–Trinajstić information content (AvgIpc) is 2.30. The van der Waals surface area contributed by atoms with E-state index in [-0.39, 0.29) is 18.3 Å². The van der Waals surface area contributed by atoms with Gasteiger partial charge in [-0.3, -0.25) is 9.59 Å². The van der Waals surface area contributed by atoms with Gasteiger partial charge in [0.2, 0.25) is 5.91 Å². The van der Waals surface area contributed by atoms with Gasteiger partial charge >= 0.3 is 5.97 Å². The third-order valence-electron chi connectivity index (χ3n) is 2.51. The zero-order chi connectivity index (χ0) is 12.3. The number of benzene rings is 1. The van der Waals surface area contributed by atoms with Gasteiger partial charge in [-0.05, 0) is 19.1 Å². The maximum absolute atomic E-state index is 11.7. The van der Waals surface area contributed by atoms with Crippen LogP contribution in [0, 0.1) is 0 Å². The second-order valence-corrected chi connectivity index (χ2v) is 3.74. The molecule has 0 saturated carbocycles. The number of fused-ring (bicyclic) bond motifs is 1. The SMILES string of the molecule is CCOC(=O)C[C@@H]1Nc2ccccc2NC1=O. The molecule has 17 heavy (non-hydrogen) atoms. The van der Waals surface area contributed by atoms with Gasteiger partial charge in [0.15, 0.2) is 0 Å².